The molecule has 1 saturated heterocycles. The lowest BCUT2D eigenvalue weighted by Gasteiger charge is -2.49. The van der Waals surface area contributed by atoms with E-state index in [2.05, 4.69) is 24.5 Å². The molecule has 0 spiro atoms. The Bertz CT molecular complexity index is 468. The van der Waals surface area contributed by atoms with Crippen molar-refractivity contribution in [2.75, 3.05) is 17.8 Å². The van der Waals surface area contributed by atoms with Gasteiger partial charge in [0.05, 0.1) is 12.2 Å². The fourth-order valence-corrected chi connectivity index (χ4v) is 9.65. The number of fused-ring (bicyclic) bond motifs is 1. The summed E-state index contributed by atoms with van der Waals surface area (Å²) in [6, 6.07) is 0. The molecule has 0 aromatic carbocycles. The summed E-state index contributed by atoms with van der Waals surface area (Å²) in [5, 5.41) is 0.908. The summed E-state index contributed by atoms with van der Waals surface area (Å²) in [4.78, 5) is 0. The first kappa shape index (κ1) is 16.3. The van der Waals surface area contributed by atoms with Crippen LogP contribution < -0.4 is 0 Å². The van der Waals surface area contributed by atoms with Crippen LogP contribution in [-0.4, -0.2) is 35.2 Å². The second kappa shape index (κ2) is 6.96. The number of hydrogen-bond donors (Lipinski definition) is 0. The summed E-state index contributed by atoms with van der Waals surface area (Å²) in [5.74, 6) is 3.75. The van der Waals surface area contributed by atoms with Gasteiger partial charge in [0.1, 0.15) is 0 Å². The van der Waals surface area contributed by atoms with E-state index in [4.69, 9.17) is 4.74 Å². The molecule has 0 aromatic heterocycles. The molecule has 4 aliphatic rings. The van der Waals surface area contributed by atoms with Crippen LogP contribution in [-0.2, 0) is 4.74 Å². The molecule has 2 heteroatoms. The van der Waals surface area contributed by atoms with Gasteiger partial charge in [0.2, 0.25) is 0 Å². The Morgan fingerprint density at radius 3 is 2.52 bits per heavy atom. The van der Waals surface area contributed by atoms with Crippen molar-refractivity contribution in [3.63, 3.8) is 0 Å². The van der Waals surface area contributed by atoms with Crippen LogP contribution in [0.2, 0.25) is 0 Å². The zero-order valence-corrected chi connectivity index (χ0v) is 15.7. The highest BCUT2D eigenvalue weighted by molar-refractivity contribution is 8.34. The van der Waals surface area contributed by atoms with Crippen LogP contribution in [0.15, 0.2) is 23.8 Å². The summed E-state index contributed by atoms with van der Waals surface area (Å²) in [6.07, 6.45) is 24.7. The van der Waals surface area contributed by atoms with Crippen molar-refractivity contribution in [2.24, 2.45) is 5.92 Å². The fraction of sp³-hybridized carbons (Fsp3) is 0.810. The van der Waals surface area contributed by atoms with Gasteiger partial charge in [-0.2, -0.15) is 0 Å². The van der Waals surface area contributed by atoms with Gasteiger partial charge in [0, 0.05) is 11.2 Å². The molecule has 3 aliphatic carbocycles. The monoisotopic (exact) mass is 334 g/mol. The van der Waals surface area contributed by atoms with Crippen LogP contribution in [0.4, 0.5) is 0 Å². The van der Waals surface area contributed by atoms with Gasteiger partial charge in [-0.15, -0.1) is 0 Å². The zero-order chi connectivity index (χ0) is 15.7. The first-order valence-corrected chi connectivity index (χ1v) is 12.5. The lowest BCUT2D eigenvalue weighted by atomic mass is 9.77. The highest BCUT2D eigenvalue weighted by atomic mass is 32.3. The quantitative estimate of drug-likeness (QED) is 0.653. The van der Waals surface area contributed by atoms with Crippen LogP contribution in [0.3, 0.4) is 0 Å². The standard InChI is InChI=1S/C21H34OS/c1-23(15-7-8-16-23)21-14-13-20(18-11-5-6-12-19(18)21)22-17-9-3-2-4-10-17/h5-6,12,17-18,20-21H,2-4,7-11,13-16H2,1H3. The maximum Gasteiger partial charge on any atom is 0.0648 e. The third kappa shape index (κ3) is 3.31. The fourth-order valence-electron chi connectivity index (χ4n) is 5.53. The van der Waals surface area contributed by atoms with Gasteiger partial charge in [-0.1, -0.05) is 43.1 Å². The number of hydrogen-bond acceptors (Lipinski definition) is 1. The molecule has 0 bridgehead atoms. The van der Waals surface area contributed by atoms with E-state index in [9.17, 15) is 0 Å². The van der Waals surface area contributed by atoms with E-state index in [0.29, 0.717) is 18.1 Å². The minimum absolute atomic E-state index is 0.390. The second-order valence-electron chi connectivity index (χ2n) is 8.40. The van der Waals surface area contributed by atoms with Crippen LogP contribution in [0.5, 0.6) is 0 Å². The van der Waals surface area contributed by atoms with Crippen LogP contribution >= 0.6 is 10.0 Å². The Morgan fingerprint density at radius 2 is 1.74 bits per heavy atom. The highest BCUT2D eigenvalue weighted by Gasteiger charge is 2.43. The molecular weight excluding hydrogens is 300 g/mol. The molecule has 0 aromatic rings. The van der Waals surface area contributed by atoms with Gasteiger partial charge in [0.25, 0.3) is 0 Å². The van der Waals surface area contributed by atoms with Crippen molar-refractivity contribution >= 4 is 10.0 Å². The lowest BCUT2D eigenvalue weighted by Crippen LogP contribution is -2.41. The Labute approximate surface area is 144 Å². The summed E-state index contributed by atoms with van der Waals surface area (Å²) >= 11 is 0. The van der Waals surface area contributed by atoms with Crippen LogP contribution in [0.25, 0.3) is 0 Å². The summed E-state index contributed by atoms with van der Waals surface area (Å²) in [7, 11) is -0.390. The third-order valence-corrected chi connectivity index (χ3v) is 11.2. The van der Waals surface area contributed by atoms with Gasteiger partial charge in [-0.3, -0.25) is 0 Å². The first-order chi connectivity index (χ1) is 11.3. The van der Waals surface area contributed by atoms with E-state index in [0.717, 1.165) is 5.25 Å². The molecule has 1 nitrogen and oxygen atoms in total. The van der Waals surface area contributed by atoms with Gasteiger partial charge >= 0.3 is 0 Å². The predicted octanol–water partition coefficient (Wildman–Crippen LogP) is 5.60. The second-order valence-corrected chi connectivity index (χ2v) is 12.5. The molecule has 4 rings (SSSR count). The molecule has 3 fully saturated rings. The van der Waals surface area contributed by atoms with Gasteiger partial charge in [-0.05, 0) is 62.7 Å². The Balaban J connectivity index is 1.49. The average molecular weight is 335 g/mol. The van der Waals surface area contributed by atoms with Crippen LogP contribution in [0.1, 0.15) is 64.2 Å². The predicted molar refractivity (Wildman–Crippen MR) is 103 cm³/mol. The van der Waals surface area contributed by atoms with Crippen molar-refractivity contribution in [2.45, 2.75) is 81.7 Å². The molecule has 23 heavy (non-hydrogen) atoms. The minimum atomic E-state index is -0.390. The molecule has 2 saturated carbocycles. The van der Waals surface area contributed by atoms with Crippen molar-refractivity contribution in [1.29, 1.82) is 0 Å². The number of allylic oxidation sites excluding steroid dienone is 3. The van der Waals surface area contributed by atoms with Crippen molar-refractivity contribution in [3.05, 3.63) is 23.8 Å². The maximum atomic E-state index is 6.68. The lowest BCUT2D eigenvalue weighted by molar-refractivity contribution is -0.0601. The SMILES string of the molecule is CS1(C2CCC(OC3CCCCC3)C3CC=CC=C32)CCCC1. The van der Waals surface area contributed by atoms with E-state index >= 15 is 0 Å². The average Bonchev–Trinajstić information content (AvgIpc) is 3.04. The summed E-state index contributed by atoms with van der Waals surface area (Å²) in [6.45, 7) is 0. The van der Waals surface area contributed by atoms with E-state index in [1.807, 2.05) is 0 Å². The molecule has 3 unspecified atom stereocenters. The van der Waals surface area contributed by atoms with E-state index < -0.39 is 10.0 Å². The molecule has 130 valence electrons. The largest absolute Gasteiger partial charge is 0.374 e. The highest BCUT2D eigenvalue weighted by Crippen LogP contribution is 2.61. The van der Waals surface area contributed by atoms with Crippen molar-refractivity contribution < 1.29 is 4.74 Å². The summed E-state index contributed by atoms with van der Waals surface area (Å²) in [5.41, 5.74) is 1.79. The number of rotatable bonds is 3. The van der Waals surface area contributed by atoms with Crippen LogP contribution in [0, 0.1) is 5.92 Å². The Morgan fingerprint density at radius 1 is 0.957 bits per heavy atom. The number of ether oxygens (including phenoxy) is 1. The Kier molecular flexibility index (Phi) is 4.92. The molecule has 1 aliphatic heterocycles. The molecule has 0 N–H and O–H groups in total. The first-order valence-electron chi connectivity index (χ1n) is 10.0. The maximum absolute atomic E-state index is 6.68. The Hall–Kier alpha value is -0.210. The van der Waals surface area contributed by atoms with Gasteiger partial charge < -0.3 is 4.74 Å². The van der Waals surface area contributed by atoms with Gasteiger partial charge in [0.15, 0.2) is 0 Å². The van der Waals surface area contributed by atoms with Gasteiger partial charge in [-0.25, -0.2) is 10.0 Å². The molecular formula is C21H34OS. The van der Waals surface area contributed by atoms with Crippen molar-refractivity contribution in [3.8, 4) is 0 Å². The molecule has 0 amide bonds. The van der Waals surface area contributed by atoms with Crippen molar-refractivity contribution in [1.82, 2.24) is 0 Å². The van der Waals surface area contributed by atoms with E-state index in [-0.39, 0.29) is 0 Å². The minimum Gasteiger partial charge on any atom is -0.374 e. The molecule has 0 radical (unpaired) electrons. The smallest absolute Gasteiger partial charge is 0.0648 e. The normalized spacial score (nSPS) is 38.8. The third-order valence-electron chi connectivity index (χ3n) is 6.85. The zero-order valence-electron chi connectivity index (χ0n) is 14.8. The molecule has 1 heterocycles. The molecule has 3 atom stereocenters. The summed E-state index contributed by atoms with van der Waals surface area (Å²) < 4.78 is 6.68. The van der Waals surface area contributed by atoms with E-state index in [1.54, 1.807) is 5.57 Å². The van der Waals surface area contributed by atoms with E-state index in [1.165, 1.54) is 75.7 Å². The topological polar surface area (TPSA) is 9.23 Å².